The van der Waals surface area contributed by atoms with Crippen molar-refractivity contribution in [3.63, 3.8) is 0 Å². The number of nitrogens with one attached hydrogen (secondary N) is 1. The molecule has 0 saturated heterocycles. The standard InChI is InChI=1S/C17H27N/c1-3-4-8-16-13-15(11-12-17(16)18-2)14-9-6-5-7-10-14/h5-7,9-10,15-18H,3-4,8,11-13H2,1-2H3. The summed E-state index contributed by atoms with van der Waals surface area (Å²) in [7, 11) is 2.13. The van der Waals surface area contributed by atoms with Crippen molar-refractivity contribution in [2.45, 2.75) is 57.4 Å². The summed E-state index contributed by atoms with van der Waals surface area (Å²) in [6.45, 7) is 2.30. The van der Waals surface area contributed by atoms with E-state index in [-0.39, 0.29) is 0 Å². The van der Waals surface area contributed by atoms with Crippen LogP contribution in [-0.2, 0) is 0 Å². The SMILES string of the molecule is CCCCC1CC(c2ccccc2)CCC1NC. The van der Waals surface area contributed by atoms with Crippen LogP contribution in [0, 0.1) is 5.92 Å². The molecule has 18 heavy (non-hydrogen) atoms. The molecule has 0 heterocycles. The summed E-state index contributed by atoms with van der Waals surface area (Å²) >= 11 is 0. The highest BCUT2D eigenvalue weighted by Gasteiger charge is 2.29. The van der Waals surface area contributed by atoms with Crippen molar-refractivity contribution in [2.75, 3.05) is 7.05 Å². The summed E-state index contributed by atoms with van der Waals surface area (Å²) < 4.78 is 0. The molecule has 0 radical (unpaired) electrons. The summed E-state index contributed by atoms with van der Waals surface area (Å²) in [5.74, 6) is 1.66. The minimum absolute atomic E-state index is 0.747. The average Bonchev–Trinajstić information content (AvgIpc) is 2.45. The first-order chi connectivity index (χ1) is 8.85. The van der Waals surface area contributed by atoms with E-state index in [9.17, 15) is 0 Å². The van der Waals surface area contributed by atoms with Crippen molar-refractivity contribution in [1.82, 2.24) is 5.32 Å². The van der Waals surface area contributed by atoms with E-state index in [1.165, 1.54) is 38.5 Å². The van der Waals surface area contributed by atoms with Gasteiger partial charge in [0.2, 0.25) is 0 Å². The van der Waals surface area contributed by atoms with Crippen LogP contribution in [0.3, 0.4) is 0 Å². The van der Waals surface area contributed by atoms with Crippen molar-refractivity contribution in [3.05, 3.63) is 35.9 Å². The van der Waals surface area contributed by atoms with Crippen molar-refractivity contribution in [3.8, 4) is 0 Å². The zero-order valence-electron chi connectivity index (χ0n) is 11.9. The fourth-order valence-corrected chi connectivity index (χ4v) is 3.46. The van der Waals surface area contributed by atoms with E-state index in [4.69, 9.17) is 0 Å². The van der Waals surface area contributed by atoms with Gasteiger partial charge in [-0.25, -0.2) is 0 Å². The molecule has 1 fully saturated rings. The lowest BCUT2D eigenvalue weighted by Gasteiger charge is -2.36. The lowest BCUT2D eigenvalue weighted by Crippen LogP contribution is -2.38. The van der Waals surface area contributed by atoms with Gasteiger partial charge in [0.05, 0.1) is 0 Å². The van der Waals surface area contributed by atoms with Crippen molar-refractivity contribution in [1.29, 1.82) is 0 Å². The molecular weight excluding hydrogens is 218 g/mol. The van der Waals surface area contributed by atoms with Crippen molar-refractivity contribution < 1.29 is 0 Å². The molecule has 1 aliphatic rings. The highest BCUT2D eigenvalue weighted by atomic mass is 14.9. The molecule has 1 heteroatoms. The first-order valence-corrected chi connectivity index (χ1v) is 7.57. The number of benzene rings is 1. The van der Waals surface area contributed by atoms with Gasteiger partial charge < -0.3 is 5.32 Å². The quantitative estimate of drug-likeness (QED) is 0.813. The Morgan fingerprint density at radius 1 is 1.17 bits per heavy atom. The highest BCUT2D eigenvalue weighted by Crippen LogP contribution is 2.38. The molecule has 0 aromatic heterocycles. The minimum atomic E-state index is 0.747. The van der Waals surface area contributed by atoms with Crippen LogP contribution in [0.25, 0.3) is 0 Å². The molecule has 0 bridgehead atoms. The maximum atomic E-state index is 3.53. The molecule has 1 aromatic carbocycles. The smallest absolute Gasteiger partial charge is 0.00927 e. The van der Waals surface area contributed by atoms with Crippen LogP contribution in [0.5, 0.6) is 0 Å². The van der Waals surface area contributed by atoms with Crippen LogP contribution in [-0.4, -0.2) is 13.1 Å². The van der Waals surface area contributed by atoms with E-state index >= 15 is 0 Å². The van der Waals surface area contributed by atoms with Gasteiger partial charge in [-0.2, -0.15) is 0 Å². The molecule has 1 aromatic rings. The molecule has 1 saturated carbocycles. The summed E-state index contributed by atoms with van der Waals surface area (Å²) in [5.41, 5.74) is 1.55. The predicted molar refractivity (Wildman–Crippen MR) is 78.9 cm³/mol. The fraction of sp³-hybridized carbons (Fsp3) is 0.647. The number of hydrogen-bond acceptors (Lipinski definition) is 1. The normalized spacial score (nSPS) is 28.2. The fourth-order valence-electron chi connectivity index (χ4n) is 3.46. The Hall–Kier alpha value is -0.820. The summed E-state index contributed by atoms with van der Waals surface area (Å²) in [6.07, 6.45) is 8.15. The van der Waals surface area contributed by atoms with Gasteiger partial charge in [0.15, 0.2) is 0 Å². The second-order valence-corrected chi connectivity index (χ2v) is 5.72. The second kappa shape index (κ2) is 6.94. The van der Waals surface area contributed by atoms with E-state index in [0.29, 0.717) is 0 Å². The largest absolute Gasteiger partial charge is 0.317 e. The van der Waals surface area contributed by atoms with E-state index in [1.54, 1.807) is 5.56 Å². The highest BCUT2D eigenvalue weighted by molar-refractivity contribution is 5.20. The van der Waals surface area contributed by atoms with E-state index in [0.717, 1.165) is 17.9 Å². The van der Waals surface area contributed by atoms with Gasteiger partial charge in [-0.3, -0.25) is 0 Å². The molecule has 0 amide bonds. The number of rotatable bonds is 5. The van der Waals surface area contributed by atoms with Crippen molar-refractivity contribution in [2.24, 2.45) is 5.92 Å². The van der Waals surface area contributed by atoms with Crippen LogP contribution >= 0.6 is 0 Å². The summed E-state index contributed by atoms with van der Waals surface area (Å²) in [6, 6.07) is 11.8. The van der Waals surface area contributed by atoms with Crippen LogP contribution in [0.4, 0.5) is 0 Å². The maximum Gasteiger partial charge on any atom is 0.00927 e. The number of hydrogen-bond donors (Lipinski definition) is 1. The summed E-state index contributed by atoms with van der Waals surface area (Å²) in [4.78, 5) is 0. The Labute approximate surface area is 112 Å². The lowest BCUT2D eigenvalue weighted by molar-refractivity contribution is 0.233. The van der Waals surface area contributed by atoms with Gasteiger partial charge in [-0.1, -0.05) is 50.1 Å². The minimum Gasteiger partial charge on any atom is -0.317 e. The zero-order valence-corrected chi connectivity index (χ0v) is 11.9. The molecular formula is C17H27N. The average molecular weight is 245 g/mol. The number of unbranched alkanes of at least 4 members (excludes halogenated alkanes) is 1. The molecule has 1 nitrogen and oxygen atoms in total. The van der Waals surface area contributed by atoms with Crippen LogP contribution in [0.15, 0.2) is 30.3 Å². The van der Waals surface area contributed by atoms with Gasteiger partial charge in [-0.15, -0.1) is 0 Å². The molecule has 0 aliphatic heterocycles. The molecule has 0 spiro atoms. The van der Waals surface area contributed by atoms with Gasteiger partial charge in [0.1, 0.15) is 0 Å². The van der Waals surface area contributed by atoms with E-state index in [2.05, 4.69) is 49.6 Å². The van der Waals surface area contributed by atoms with Crippen LogP contribution in [0.1, 0.15) is 56.9 Å². The maximum absolute atomic E-state index is 3.53. The third kappa shape index (κ3) is 3.35. The molecule has 100 valence electrons. The van der Waals surface area contributed by atoms with Gasteiger partial charge >= 0.3 is 0 Å². The van der Waals surface area contributed by atoms with E-state index < -0.39 is 0 Å². The van der Waals surface area contributed by atoms with Crippen LogP contribution in [0.2, 0.25) is 0 Å². The first-order valence-electron chi connectivity index (χ1n) is 7.57. The molecule has 3 unspecified atom stereocenters. The predicted octanol–water partition coefficient (Wildman–Crippen LogP) is 4.35. The van der Waals surface area contributed by atoms with E-state index in [1.807, 2.05) is 0 Å². The molecule has 1 N–H and O–H groups in total. The molecule has 3 atom stereocenters. The Balaban J connectivity index is 2.00. The zero-order chi connectivity index (χ0) is 12.8. The second-order valence-electron chi connectivity index (χ2n) is 5.72. The lowest BCUT2D eigenvalue weighted by atomic mass is 9.73. The Morgan fingerprint density at radius 3 is 2.61 bits per heavy atom. The molecule has 2 rings (SSSR count). The van der Waals surface area contributed by atoms with Crippen molar-refractivity contribution >= 4 is 0 Å². The molecule has 1 aliphatic carbocycles. The van der Waals surface area contributed by atoms with Crippen LogP contribution < -0.4 is 5.32 Å². The van der Waals surface area contributed by atoms with Gasteiger partial charge in [0.25, 0.3) is 0 Å². The first kappa shape index (κ1) is 13.6. The van der Waals surface area contributed by atoms with Gasteiger partial charge in [-0.05, 0) is 50.1 Å². The Kier molecular flexibility index (Phi) is 5.25. The third-order valence-corrected chi connectivity index (χ3v) is 4.55. The summed E-state index contributed by atoms with van der Waals surface area (Å²) in [5, 5.41) is 3.53. The Bertz CT molecular complexity index is 333. The third-order valence-electron chi connectivity index (χ3n) is 4.55. The topological polar surface area (TPSA) is 12.0 Å². The van der Waals surface area contributed by atoms with Gasteiger partial charge in [0, 0.05) is 6.04 Å². The monoisotopic (exact) mass is 245 g/mol. The Morgan fingerprint density at radius 2 is 1.94 bits per heavy atom.